The molecule has 0 atom stereocenters. The van der Waals surface area contributed by atoms with Gasteiger partial charge in [0, 0.05) is 12.7 Å². The molecule has 0 N–H and O–H groups in total. The van der Waals surface area contributed by atoms with E-state index in [4.69, 9.17) is 9.47 Å². The van der Waals surface area contributed by atoms with Crippen molar-refractivity contribution in [2.75, 3.05) is 32.2 Å². The van der Waals surface area contributed by atoms with Crippen LogP contribution in [0.1, 0.15) is 0 Å². The molecule has 2 aromatic rings. The molecule has 0 spiro atoms. The van der Waals surface area contributed by atoms with E-state index < -0.39 is 0 Å². The zero-order valence-electron chi connectivity index (χ0n) is 11.4. The van der Waals surface area contributed by atoms with Gasteiger partial charge < -0.3 is 14.4 Å². The summed E-state index contributed by atoms with van der Waals surface area (Å²) in [4.78, 5) is 2.17. The van der Waals surface area contributed by atoms with Gasteiger partial charge in [-0.2, -0.15) is 0 Å². The second kappa shape index (κ2) is 6.69. The van der Waals surface area contributed by atoms with E-state index in [0.29, 0.717) is 6.61 Å². The third-order valence-electron chi connectivity index (χ3n) is 2.95. The maximum Gasteiger partial charge on any atom is 0.119 e. The monoisotopic (exact) mass is 257 g/mol. The summed E-state index contributed by atoms with van der Waals surface area (Å²) in [6, 6.07) is 17.9. The minimum Gasteiger partial charge on any atom is -0.497 e. The summed E-state index contributed by atoms with van der Waals surface area (Å²) >= 11 is 0. The molecule has 0 saturated carbocycles. The number of ether oxygens (including phenoxy) is 2. The van der Waals surface area contributed by atoms with Crippen molar-refractivity contribution in [2.45, 2.75) is 0 Å². The summed E-state index contributed by atoms with van der Waals surface area (Å²) in [5.41, 5.74) is 1.20. The largest absolute Gasteiger partial charge is 0.497 e. The molecule has 0 radical (unpaired) electrons. The number of hydrogen-bond acceptors (Lipinski definition) is 3. The summed E-state index contributed by atoms with van der Waals surface area (Å²) in [5.74, 6) is 1.70. The molecule has 0 saturated heterocycles. The van der Waals surface area contributed by atoms with Crippen LogP contribution in [0.4, 0.5) is 5.69 Å². The van der Waals surface area contributed by atoms with Crippen LogP contribution < -0.4 is 14.4 Å². The molecule has 2 rings (SSSR count). The van der Waals surface area contributed by atoms with E-state index in [1.807, 2.05) is 42.5 Å². The smallest absolute Gasteiger partial charge is 0.119 e. The van der Waals surface area contributed by atoms with E-state index in [1.165, 1.54) is 5.69 Å². The minimum atomic E-state index is 0.651. The Bertz CT molecular complexity index is 482. The van der Waals surface area contributed by atoms with E-state index in [-0.39, 0.29) is 0 Å². The van der Waals surface area contributed by atoms with Crippen molar-refractivity contribution in [3.8, 4) is 11.5 Å². The van der Waals surface area contributed by atoms with Crippen molar-refractivity contribution in [1.29, 1.82) is 0 Å². The number of anilines is 1. The van der Waals surface area contributed by atoms with Gasteiger partial charge in [-0.05, 0) is 36.4 Å². The van der Waals surface area contributed by atoms with Crippen LogP contribution in [0, 0.1) is 0 Å². The fourth-order valence-corrected chi connectivity index (χ4v) is 1.78. The van der Waals surface area contributed by atoms with Gasteiger partial charge in [-0.15, -0.1) is 0 Å². The maximum atomic E-state index is 5.70. The Morgan fingerprint density at radius 3 is 2.16 bits per heavy atom. The van der Waals surface area contributed by atoms with Crippen molar-refractivity contribution in [2.24, 2.45) is 0 Å². The average Bonchev–Trinajstić information content (AvgIpc) is 2.49. The highest BCUT2D eigenvalue weighted by Crippen LogP contribution is 2.17. The van der Waals surface area contributed by atoms with Gasteiger partial charge in [0.05, 0.1) is 13.7 Å². The summed E-state index contributed by atoms with van der Waals surface area (Å²) in [6.07, 6.45) is 0. The fraction of sp³-hybridized carbons (Fsp3) is 0.250. The molecule has 100 valence electrons. The number of nitrogens with zero attached hydrogens (tertiary/aromatic N) is 1. The van der Waals surface area contributed by atoms with Crippen LogP contribution in [-0.4, -0.2) is 27.3 Å². The number of likely N-dealkylation sites (N-methyl/N-ethyl adjacent to an activating group) is 1. The second-order valence-corrected chi connectivity index (χ2v) is 4.28. The van der Waals surface area contributed by atoms with Gasteiger partial charge in [-0.3, -0.25) is 0 Å². The predicted molar refractivity (Wildman–Crippen MR) is 78.2 cm³/mol. The third kappa shape index (κ3) is 3.91. The molecule has 3 nitrogen and oxygen atoms in total. The standard InChI is InChI=1S/C16H19NO2/c1-17(14-6-4-3-5-7-14)12-13-19-16-10-8-15(18-2)9-11-16/h3-11H,12-13H2,1-2H3. The van der Waals surface area contributed by atoms with E-state index in [9.17, 15) is 0 Å². The molecule has 0 amide bonds. The number of hydrogen-bond donors (Lipinski definition) is 0. The fourth-order valence-electron chi connectivity index (χ4n) is 1.78. The average molecular weight is 257 g/mol. The molecule has 19 heavy (non-hydrogen) atoms. The van der Waals surface area contributed by atoms with Gasteiger partial charge in [-0.25, -0.2) is 0 Å². The number of rotatable bonds is 6. The zero-order chi connectivity index (χ0) is 13.5. The molecule has 0 heterocycles. The molecule has 3 heteroatoms. The Balaban J connectivity index is 1.79. The van der Waals surface area contributed by atoms with Crippen LogP contribution in [0.25, 0.3) is 0 Å². The van der Waals surface area contributed by atoms with Gasteiger partial charge in [0.25, 0.3) is 0 Å². The Hall–Kier alpha value is -2.16. The van der Waals surface area contributed by atoms with Crippen molar-refractivity contribution in [3.63, 3.8) is 0 Å². The first-order valence-corrected chi connectivity index (χ1v) is 6.32. The molecule has 0 aliphatic heterocycles. The molecule has 0 aliphatic carbocycles. The highest BCUT2D eigenvalue weighted by molar-refractivity contribution is 5.44. The summed E-state index contributed by atoms with van der Waals surface area (Å²) in [6.45, 7) is 1.49. The maximum absolute atomic E-state index is 5.70. The minimum absolute atomic E-state index is 0.651. The molecule has 2 aromatic carbocycles. The molecule has 0 fully saturated rings. The van der Waals surface area contributed by atoms with Gasteiger partial charge in [0.15, 0.2) is 0 Å². The van der Waals surface area contributed by atoms with Crippen LogP contribution in [0.3, 0.4) is 0 Å². The van der Waals surface area contributed by atoms with Gasteiger partial charge in [0.2, 0.25) is 0 Å². The number of para-hydroxylation sites is 1. The Morgan fingerprint density at radius 2 is 1.53 bits per heavy atom. The lowest BCUT2D eigenvalue weighted by molar-refractivity contribution is 0.325. The van der Waals surface area contributed by atoms with Crippen LogP contribution in [0.2, 0.25) is 0 Å². The first-order valence-electron chi connectivity index (χ1n) is 6.32. The Kier molecular flexibility index (Phi) is 4.67. The van der Waals surface area contributed by atoms with Gasteiger partial charge >= 0.3 is 0 Å². The Labute approximate surface area is 114 Å². The SMILES string of the molecule is COc1ccc(OCCN(C)c2ccccc2)cc1. The lowest BCUT2D eigenvalue weighted by atomic mass is 10.3. The first kappa shape index (κ1) is 13.3. The Morgan fingerprint density at radius 1 is 0.895 bits per heavy atom. The normalized spacial score (nSPS) is 10.0. The highest BCUT2D eigenvalue weighted by atomic mass is 16.5. The van der Waals surface area contributed by atoms with Gasteiger partial charge in [-0.1, -0.05) is 18.2 Å². The van der Waals surface area contributed by atoms with Crippen molar-refractivity contribution in [3.05, 3.63) is 54.6 Å². The zero-order valence-corrected chi connectivity index (χ0v) is 11.4. The van der Waals surface area contributed by atoms with E-state index in [2.05, 4.69) is 24.1 Å². The summed E-state index contributed by atoms with van der Waals surface area (Å²) in [5, 5.41) is 0. The van der Waals surface area contributed by atoms with E-state index in [1.54, 1.807) is 7.11 Å². The number of methoxy groups -OCH3 is 1. The summed E-state index contributed by atoms with van der Waals surface area (Å²) < 4.78 is 10.8. The van der Waals surface area contributed by atoms with Crippen molar-refractivity contribution in [1.82, 2.24) is 0 Å². The summed E-state index contributed by atoms with van der Waals surface area (Å²) in [7, 11) is 3.72. The second-order valence-electron chi connectivity index (χ2n) is 4.28. The molecule has 0 aliphatic rings. The van der Waals surface area contributed by atoms with Crippen LogP contribution in [0.5, 0.6) is 11.5 Å². The molecular weight excluding hydrogens is 238 g/mol. The molecule has 0 bridgehead atoms. The van der Waals surface area contributed by atoms with Crippen LogP contribution in [0.15, 0.2) is 54.6 Å². The third-order valence-corrected chi connectivity index (χ3v) is 2.95. The topological polar surface area (TPSA) is 21.7 Å². The molecular formula is C16H19NO2. The quantitative estimate of drug-likeness (QED) is 0.793. The number of benzene rings is 2. The van der Waals surface area contributed by atoms with Crippen molar-refractivity contribution < 1.29 is 9.47 Å². The van der Waals surface area contributed by atoms with Crippen molar-refractivity contribution >= 4 is 5.69 Å². The molecule has 0 unspecified atom stereocenters. The van der Waals surface area contributed by atoms with Gasteiger partial charge in [0.1, 0.15) is 18.1 Å². The lowest BCUT2D eigenvalue weighted by Crippen LogP contribution is -2.23. The van der Waals surface area contributed by atoms with Crippen LogP contribution in [-0.2, 0) is 0 Å². The molecule has 0 aromatic heterocycles. The predicted octanol–water partition coefficient (Wildman–Crippen LogP) is 3.21. The first-order chi connectivity index (χ1) is 9.29. The van der Waals surface area contributed by atoms with E-state index >= 15 is 0 Å². The van der Waals surface area contributed by atoms with Crippen LogP contribution >= 0.6 is 0 Å². The van der Waals surface area contributed by atoms with E-state index in [0.717, 1.165) is 18.0 Å². The highest BCUT2D eigenvalue weighted by Gasteiger charge is 2.00. The lowest BCUT2D eigenvalue weighted by Gasteiger charge is -2.19.